The van der Waals surface area contributed by atoms with E-state index < -0.39 is 0 Å². The normalized spacial score (nSPS) is 36.0. The average molecular weight is 364 g/mol. The second-order valence-electron chi connectivity index (χ2n) is 9.28. The van der Waals surface area contributed by atoms with Gasteiger partial charge in [0.25, 0.3) is 0 Å². The molecule has 2 aliphatic rings. The van der Waals surface area contributed by atoms with E-state index in [2.05, 4.69) is 63.8 Å². The molecule has 1 aromatic rings. The molecular formula is C22H34ClNO. The molecule has 0 spiro atoms. The second kappa shape index (κ2) is 7.70. The van der Waals surface area contributed by atoms with E-state index in [0.29, 0.717) is 16.2 Å². The first-order valence-electron chi connectivity index (χ1n) is 9.50. The zero-order valence-corrected chi connectivity index (χ0v) is 17.0. The van der Waals surface area contributed by atoms with E-state index in [4.69, 9.17) is 16.4 Å². The predicted molar refractivity (Wildman–Crippen MR) is 107 cm³/mol. The van der Waals surface area contributed by atoms with E-state index in [1.807, 2.05) is 0 Å². The smallest absolute Gasteiger partial charge is 0.204 e. The molecule has 3 rings (SSSR count). The van der Waals surface area contributed by atoms with Crippen molar-refractivity contribution in [1.82, 2.24) is 0 Å². The molecule has 25 heavy (non-hydrogen) atoms. The van der Waals surface area contributed by atoms with Crippen LogP contribution >= 0.6 is 11.6 Å². The van der Waals surface area contributed by atoms with Crippen molar-refractivity contribution < 1.29 is 4.79 Å². The summed E-state index contributed by atoms with van der Waals surface area (Å²) in [5, 5.41) is 0. The number of hydrogen-bond acceptors (Lipinski definition) is 1. The van der Waals surface area contributed by atoms with Gasteiger partial charge in [-0.1, -0.05) is 58.0 Å². The Balaban J connectivity index is 0.000000701. The molecule has 2 nitrogen and oxygen atoms in total. The Kier molecular flexibility index (Phi) is 6.25. The highest BCUT2D eigenvalue weighted by atomic mass is 35.5. The largest absolute Gasteiger partial charge is 0.372 e. The number of nitrogens with two attached hydrogens (primary N) is 1. The summed E-state index contributed by atoms with van der Waals surface area (Å²) in [5.41, 5.74) is 6.98. The monoisotopic (exact) mass is 363 g/mol. The number of benzene rings is 1. The first-order chi connectivity index (χ1) is 11.7. The summed E-state index contributed by atoms with van der Waals surface area (Å²) in [7, 11) is 0. The van der Waals surface area contributed by atoms with Crippen LogP contribution in [0.25, 0.3) is 0 Å². The van der Waals surface area contributed by atoms with Gasteiger partial charge >= 0.3 is 0 Å². The lowest BCUT2D eigenvalue weighted by atomic mass is 9.44. The Morgan fingerprint density at radius 3 is 2.32 bits per heavy atom. The van der Waals surface area contributed by atoms with Gasteiger partial charge in [-0.05, 0) is 65.7 Å². The van der Waals surface area contributed by atoms with Crippen LogP contribution in [0.3, 0.4) is 0 Å². The third-order valence-corrected chi connectivity index (χ3v) is 7.22. The van der Waals surface area contributed by atoms with Crippen molar-refractivity contribution in [2.24, 2.45) is 28.4 Å². The second-order valence-corrected chi connectivity index (χ2v) is 9.66. The van der Waals surface area contributed by atoms with Gasteiger partial charge in [-0.25, -0.2) is 0 Å². The van der Waals surface area contributed by atoms with Gasteiger partial charge < -0.3 is 5.73 Å². The molecule has 140 valence electrons. The van der Waals surface area contributed by atoms with Crippen LogP contribution < -0.4 is 5.73 Å². The average Bonchev–Trinajstić information content (AvgIpc) is 2.54. The minimum absolute atomic E-state index is 0.250. The summed E-state index contributed by atoms with van der Waals surface area (Å²) in [6.07, 6.45) is 6.80. The third kappa shape index (κ3) is 4.05. The van der Waals surface area contributed by atoms with E-state index in [0.717, 1.165) is 17.7 Å². The van der Waals surface area contributed by atoms with Gasteiger partial charge in [0.2, 0.25) is 6.41 Å². The molecule has 2 fully saturated rings. The molecule has 0 saturated heterocycles. The minimum Gasteiger partial charge on any atom is -0.372 e. The lowest BCUT2D eigenvalue weighted by Gasteiger charge is -2.61. The fourth-order valence-corrected chi connectivity index (χ4v) is 6.31. The fraction of sp³-hybridized carbons (Fsp3) is 0.682. The standard InChI is InChI=1S/C21H31Cl.CH3NO/c1-16-12-21(17-8-6-5-7-9-17)14-18(13-19(2,3)15-21)20(16,4)10-11-22;2-1-3/h5-9,16,18H,10-15H2,1-4H3;1H,(H2,2,3). The maximum Gasteiger partial charge on any atom is 0.204 e. The van der Waals surface area contributed by atoms with Crippen LogP contribution in [-0.4, -0.2) is 12.3 Å². The topological polar surface area (TPSA) is 43.1 Å². The Labute approximate surface area is 158 Å². The maximum absolute atomic E-state index is 8.58. The van der Waals surface area contributed by atoms with E-state index in [9.17, 15) is 0 Å². The lowest BCUT2D eigenvalue weighted by Crippen LogP contribution is -2.54. The molecular weight excluding hydrogens is 330 g/mol. The highest BCUT2D eigenvalue weighted by Gasteiger charge is 2.56. The number of halogens is 1. The molecule has 2 N–H and O–H groups in total. The Bertz CT molecular complexity index is 569. The van der Waals surface area contributed by atoms with Crippen LogP contribution in [0.15, 0.2) is 30.3 Å². The molecule has 0 heterocycles. The van der Waals surface area contributed by atoms with Crippen molar-refractivity contribution in [3.05, 3.63) is 35.9 Å². The minimum atomic E-state index is 0.250. The quantitative estimate of drug-likeness (QED) is 0.557. The first kappa shape index (κ1) is 20.3. The molecule has 1 amide bonds. The van der Waals surface area contributed by atoms with Gasteiger partial charge in [-0.3, -0.25) is 4.79 Å². The molecule has 0 aromatic heterocycles. The van der Waals surface area contributed by atoms with Gasteiger partial charge in [0, 0.05) is 5.88 Å². The SMILES string of the molecule is CC1CC2(c3ccccc3)CC(CC(C)(C)C2)C1(C)CCCl.NC=O. The number of carbonyl (C=O) groups excluding carboxylic acids is 1. The molecule has 2 aliphatic carbocycles. The Morgan fingerprint density at radius 1 is 1.16 bits per heavy atom. The number of alkyl halides is 1. The van der Waals surface area contributed by atoms with E-state index >= 15 is 0 Å². The number of carbonyl (C=O) groups is 1. The third-order valence-electron chi connectivity index (χ3n) is 7.03. The number of hydrogen-bond donors (Lipinski definition) is 1. The maximum atomic E-state index is 8.58. The summed E-state index contributed by atoms with van der Waals surface area (Å²) in [6, 6.07) is 11.3. The van der Waals surface area contributed by atoms with Crippen LogP contribution in [0.5, 0.6) is 0 Å². The van der Waals surface area contributed by atoms with E-state index in [1.165, 1.54) is 32.1 Å². The molecule has 3 heteroatoms. The number of amides is 1. The van der Waals surface area contributed by atoms with Crippen molar-refractivity contribution >= 4 is 18.0 Å². The van der Waals surface area contributed by atoms with E-state index in [-0.39, 0.29) is 6.41 Å². The predicted octanol–water partition coefficient (Wildman–Crippen LogP) is 5.53. The molecule has 0 radical (unpaired) electrons. The summed E-state index contributed by atoms with van der Waals surface area (Å²) in [6.45, 7) is 9.96. The van der Waals surface area contributed by atoms with Crippen molar-refractivity contribution in [3.63, 3.8) is 0 Å². The van der Waals surface area contributed by atoms with Crippen molar-refractivity contribution in [3.8, 4) is 0 Å². The van der Waals surface area contributed by atoms with Gasteiger partial charge in [0.05, 0.1) is 0 Å². The summed E-state index contributed by atoms with van der Waals surface area (Å²) < 4.78 is 0. The van der Waals surface area contributed by atoms with Crippen molar-refractivity contribution in [2.75, 3.05) is 5.88 Å². The highest BCUT2D eigenvalue weighted by molar-refractivity contribution is 6.17. The Morgan fingerprint density at radius 2 is 1.76 bits per heavy atom. The fourth-order valence-electron chi connectivity index (χ4n) is 5.90. The molecule has 2 bridgehead atoms. The summed E-state index contributed by atoms with van der Waals surface area (Å²) in [5.74, 6) is 2.36. The molecule has 2 saturated carbocycles. The van der Waals surface area contributed by atoms with Gasteiger partial charge in [-0.15, -0.1) is 11.6 Å². The van der Waals surface area contributed by atoms with Crippen molar-refractivity contribution in [2.45, 2.75) is 65.2 Å². The number of rotatable bonds is 3. The van der Waals surface area contributed by atoms with Crippen LogP contribution in [0.1, 0.15) is 65.4 Å². The summed E-state index contributed by atoms with van der Waals surface area (Å²) in [4.78, 5) is 8.58. The van der Waals surface area contributed by atoms with Crippen LogP contribution in [0.2, 0.25) is 0 Å². The summed E-state index contributed by atoms with van der Waals surface area (Å²) >= 11 is 6.19. The zero-order chi connectivity index (χ0) is 18.7. The molecule has 0 aliphatic heterocycles. The number of fused-ring (bicyclic) bond motifs is 2. The van der Waals surface area contributed by atoms with Gasteiger partial charge in [0.1, 0.15) is 0 Å². The molecule has 1 aromatic carbocycles. The first-order valence-corrected chi connectivity index (χ1v) is 10.0. The zero-order valence-electron chi connectivity index (χ0n) is 16.2. The highest BCUT2D eigenvalue weighted by Crippen LogP contribution is 2.64. The van der Waals surface area contributed by atoms with E-state index in [1.54, 1.807) is 5.56 Å². The van der Waals surface area contributed by atoms with Crippen LogP contribution in [-0.2, 0) is 10.2 Å². The molecule has 4 unspecified atom stereocenters. The van der Waals surface area contributed by atoms with Crippen LogP contribution in [0, 0.1) is 22.7 Å². The molecule has 4 atom stereocenters. The Hall–Kier alpha value is -1.02. The van der Waals surface area contributed by atoms with Gasteiger partial charge in [0.15, 0.2) is 0 Å². The lowest BCUT2D eigenvalue weighted by molar-refractivity contribution is -0.106. The van der Waals surface area contributed by atoms with Crippen molar-refractivity contribution in [1.29, 1.82) is 0 Å². The van der Waals surface area contributed by atoms with Crippen LogP contribution in [0.4, 0.5) is 0 Å². The number of primary amides is 1. The van der Waals surface area contributed by atoms with Gasteiger partial charge in [-0.2, -0.15) is 0 Å².